The van der Waals surface area contributed by atoms with E-state index in [1.54, 1.807) is 25.4 Å². The molecule has 1 saturated heterocycles. The van der Waals surface area contributed by atoms with Crippen LogP contribution in [0.4, 0.5) is 9.18 Å². The number of rotatable bonds is 4. The molecule has 136 valence electrons. The molecule has 1 aliphatic heterocycles. The molecule has 2 aromatic rings. The summed E-state index contributed by atoms with van der Waals surface area (Å²) in [6.45, 7) is 0.246. The SMILES string of the molecule is CN(Cc1cn[nH]c1-c1ccc(F)cc1)C(=O)C1CCC(=O)NC(=O)N1. The zero-order chi connectivity index (χ0) is 18.7. The first-order chi connectivity index (χ1) is 12.4. The zero-order valence-corrected chi connectivity index (χ0v) is 14.1. The number of carbonyl (C=O) groups is 3. The largest absolute Gasteiger partial charge is 0.340 e. The zero-order valence-electron chi connectivity index (χ0n) is 14.1. The van der Waals surface area contributed by atoms with Crippen LogP contribution in [0.3, 0.4) is 0 Å². The maximum absolute atomic E-state index is 13.1. The number of amides is 4. The minimum Gasteiger partial charge on any atom is -0.340 e. The van der Waals surface area contributed by atoms with Crippen LogP contribution in [-0.2, 0) is 16.1 Å². The van der Waals surface area contributed by atoms with Crippen LogP contribution in [0.25, 0.3) is 11.3 Å². The number of aromatic amines is 1. The molecule has 3 N–H and O–H groups in total. The second kappa shape index (κ2) is 7.34. The molecule has 0 aliphatic carbocycles. The van der Waals surface area contributed by atoms with Crippen molar-refractivity contribution in [3.63, 3.8) is 0 Å². The number of benzene rings is 1. The number of nitrogens with zero attached hydrogens (tertiary/aromatic N) is 2. The number of likely N-dealkylation sites (N-methyl/N-ethyl adjacent to an activating group) is 1. The van der Waals surface area contributed by atoms with Gasteiger partial charge in [0, 0.05) is 31.1 Å². The number of hydrogen-bond donors (Lipinski definition) is 3. The third kappa shape index (κ3) is 3.88. The predicted molar refractivity (Wildman–Crippen MR) is 90.2 cm³/mol. The highest BCUT2D eigenvalue weighted by molar-refractivity contribution is 5.98. The maximum Gasteiger partial charge on any atom is 0.322 e. The highest BCUT2D eigenvalue weighted by Gasteiger charge is 2.28. The second-order valence-corrected chi connectivity index (χ2v) is 6.08. The van der Waals surface area contributed by atoms with Crippen LogP contribution in [0, 0.1) is 5.82 Å². The number of imide groups is 1. The van der Waals surface area contributed by atoms with E-state index in [1.807, 2.05) is 0 Å². The third-order valence-electron chi connectivity index (χ3n) is 4.15. The van der Waals surface area contributed by atoms with E-state index >= 15 is 0 Å². The van der Waals surface area contributed by atoms with Crippen LogP contribution in [-0.4, -0.2) is 46.0 Å². The summed E-state index contributed by atoms with van der Waals surface area (Å²) in [5.74, 6) is -1.05. The van der Waals surface area contributed by atoms with Crippen molar-refractivity contribution in [1.82, 2.24) is 25.7 Å². The van der Waals surface area contributed by atoms with Gasteiger partial charge < -0.3 is 10.2 Å². The fourth-order valence-electron chi connectivity index (χ4n) is 2.81. The number of H-pyrrole nitrogens is 1. The number of nitrogens with one attached hydrogen (secondary N) is 3. The molecular formula is C17H18FN5O3. The molecule has 3 rings (SSSR count). The lowest BCUT2D eigenvalue weighted by Gasteiger charge is -2.23. The molecule has 1 fully saturated rings. The Morgan fingerprint density at radius 2 is 2.04 bits per heavy atom. The van der Waals surface area contributed by atoms with Crippen LogP contribution in [0.15, 0.2) is 30.5 Å². The van der Waals surface area contributed by atoms with Crippen molar-refractivity contribution in [2.75, 3.05) is 7.05 Å². The van der Waals surface area contributed by atoms with E-state index in [-0.39, 0.29) is 31.1 Å². The van der Waals surface area contributed by atoms with Crippen LogP contribution in [0.1, 0.15) is 18.4 Å². The molecule has 1 unspecified atom stereocenters. The Morgan fingerprint density at radius 1 is 1.31 bits per heavy atom. The van der Waals surface area contributed by atoms with Gasteiger partial charge in [-0.3, -0.25) is 20.0 Å². The summed E-state index contributed by atoms with van der Waals surface area (Å²) in [5, 5.41) is 11.5. The molecule has 26 heavy (non-hydrogen) atoms. The molecule has 4 amide bonds. The highest BCUT2D eigenvalue weighted by atomic mass is 19.1. The van der Waals surface area contributed by atoms with Crippen molar-refractivity contribution in [3.8, 4) is 11.3 Å². The molecule has 8 nitrogen and oxygen atoms in total. The molecule has 1 aromatic heterocycles. The Balaban J connectivity index is 1.72. The summed E-state index contributed by atoms with van der Waals surface area (Å²) in [5.41, 5.74) is 2.19. The van der Waals surface area contributed by atoms with E-state index in [0.717, 1.165) is 11.1 Å². The summed E-state index contributed by atoms with van der Waals surface area (Å²) in [7, 11) is 1.61. The van der Waals surface area contributed by atoms with E-state index in [2.05, 4.69) is 20.8 Å². The van der Waals surface area contributed by atoms with Gasteiger partial charge in [-0.1, -0.05) is 0 Å². The molecule has 0 bridgehead atoms. The summed E-state index contributed by atoms with van der Waals surface area (Å²) in [6, 6.07) is 4.50. The van der Waals surface area contributed by atoms with E-state index in [0.29, 0.717) is 5.69 Å². The minimum atomic E-state index is -0.771. The van der Waals surface area contributed by atoms with Crippen LogP contribution < -0.4 is 10.6 Å². The molecule has 1 aliphatic rings. The van der Waals surface area contributed by atoms with Gasteiger partial charge in [-0.15, -0.1) is 0 Å². The third-order valence-corrected chi connectivity index (χ3v) is 4.15. The average Bonchev–Trinajstić information content (AvgIpc) is 2.99. The topological polar surface area (TPSA) is 107 Å². The lowest BCUT2D eigenvalue weighted by Crippen LogP contribution is -2.48. The Morgan fingerprint density at radius 3 is 2.77 bits per heavy atom. The lowest BCUT2D eigenvalue weighted by molar-refractivity contribution is -0.132. The molecule has 1 aromatic carbocycles. The molecular weight excluding hydrogens is 341 g/mol. The monoisotopic (exact) mass is 359 g/mol. The van der Waals surface area contributed by atoms with Crippen molar-refractivity contribution in [3.05, 3.63) is 41.8 Å². The fourth-order valence-corrected chi connectivity index (χ4v) is 2.81. The van der Waals surface area contributed by atoms with Crippen LogP contribution in [0.5, 0.6) is 0 Å². The normalized spacial score (nSPS) is 17.2. The van der Waals surface area contributed by atoms with Gasteiger partial charge in [0.2, 0.25) is 11.8 Å². The van der Waals surface area contributed by atoms with Gasteiger partial charge >= 0.3 is 6.03 Å². The Hall–Kier alpha value is -3.23. The number of carbonyl (C=O) groups excluding carboxylic acids is 3. The highest BCUT2D eigenvalue weighted by Crippen LogP contribution is 2.22. The van der Waals surface area contributed by atoms with Gasteiger partial charge in [0.25, 0.3) is 0 Å². The Kier molecular flexibility index (Phi) is 4.97. The summed E-state index contributed by atoms with van der Waals surface area (Å²) in [6.07, 6.45) is 1.92. The van der Waals surface area contributed by atoms with E-state index < -0.39 is 18.0 Å². The molecule has 0 saturated carbocycles. The number of aromatic nitrogens is 2. The number of hydrogen-bond acceptors (Lipinski definition) is 4. The predicted octanol–water partition coefficient (Wildman–Crippen LogP) is 1.16. The first kappa shape index (κ1) is 17.6. The first-order valence-electron chi connectivity index (χ1n) is 8.07. The number of halogens is 1. The molecule has 0 spiro atoms. The van der Waals surface area contributed by atoms with Crippen molar-refractivity contribution in [2.45, 2.75) is 25.4 Å². The molecule has 1 atom stereocenters. The van der Waals surface area contributed by atoms with Crippen molar-refractivity contribution >= 4 is 17.8 Å². The maximum atomic E-state index is 13.1. The van der Waals surface area contributed by atoms with E-state index in [4.69, 9.17) is 0 Å². The quantitative estimate of drug-likeness (QED) is 0.761. The van der Waals surface area contributed by atoms with Gasteiger partial charge in [0.15, 0.2) is 0 Å². The van der Waals surface area contributed by atoms with Crippen molar-refractivity contribution < 1.29 is 18.8 Å². The van der Waals surface area contributed by atoms with Crippen molar-refractivity contribution in [1.29, 1.82) is 0 Å². The fraction of sp³-hybridized carbons (Fsp3) is 0.294. The van der Waals surface area contributed by atoms with Crippen molar-refractivity contribution in [2.24, 2.45) is 0 Å². The lowest BCUT2D eigenvalue weighted by atomic mass is 10.1. The van der Waals surface area contributed by atoms with Crippen LogP contribution >= 0.6 is 0 Å². The first-order valence-corrected chi connectivity index (χ1v) is 8.07. The molecule has 0 radical (unpaired) electrons. The molecule has 9 heteroatoms. The van der Waals surface area contributed by atoms with E-state index in [1.165, 1.54) is 17.0 Å². The summed E-state index contributed by atoms with van der Waals surface area (Å²) >= 11 is 0. The summed E-state index contributed by atoms with van der Waals surface area (Å²) in [4.78, 5) is 37.0. The number of urea groups is 1. The second-order valence-electron chi connectivity index (χ2n) is 6.08. The Bertz CT molecular complexity index is 833. The standard InChI is InChI=1S/C17H18FN5O3/c1-23(16(25)13-6-7-14(24)21-17(26)20-13)9-11-8-19-22-15(11)10-2-4-12(18)5-3-10/h2-5,8,13H,6-7,9H2,1H3,(H,19,22)(H2,20,21,24,26). The van der Waals surface area contributed by atoms with E-state index in [9.17, 15) is 18.8 Å². The smallest absolute Gasteiger partial charge is 0.322 e. The van der Waals surface area contributed by atoms with Gasteiger partial charge in [0.05, 0.1) is 11.9 Å². The van der Waals surface area contributed by atoms with Crippen LogP contribution in [0.2, 0.25) is 0 Å². The van der Waals surface area contributed by atoms with Gasteiger partial charge in [-0.05, 0) is 30.7 Å². The average molecular weight is 359 g/mol. The van der Waals surface area contributed by atoms with Gasteiger partial charge in [-0.25, -0.2) is 9.18 Å². The van der Waals surface area contributed by atoms with Gasteiger partial charge in [0.1, 0.15) is 11.9 Å². The summed E-state index contributed by atoms with van der Waals surface area (Å²) < 4.78 is 13.1. The molecule has 2 heterocycles. The minimum absolute atomic E-state index is 0.0928. The Labute approximate surface area is 148 Å². The van der Waals surface area contributed by atoms with Gasteiger partial charge in [-0.2, -0.15) is 5.10 Å².